The molecule has 4 fully saturated rings. The Morgan fingerprint density at radius 3 is 1.70 bits per heavy atom. The molecular weight excluding hydrogens is 488 g/mol. The van der Waals surface area contributed by atoms with Gasteiger partial charge in [0, 0.05) is 29.9 Å². The molecule has 3 unspecified atom stereocenters. The highest BCUT2D eigenvalue weighted by Crippen LogP contribution is 2.77. The summed E-state index contributed by atoms with van der Waals surface area (Å²) in [4.78, 5) is 0.724. The second-order valence-electron chi connectivity index (χ2n) is 8.37. The molecule has 0 aromatic heterocycles. The lowest BCUT2D eigenvalue weighted by Gasteiger charge is -2.32. The summed E-state index contributed by atoms with van der Waals surface area (Å²) in [6.07, 6.45) is 10.2. The van der Waals surface area contributed by atoms with Gasteiger partial charge in [0.25, 0.3) is 0 Å². The van der Waals surface area contributed by atoms with Crippen molar-refractivity contribution in [1.29, 1.82) is 0 Å². The summed E-state index contributed by atoms with van der Waals surface area (Å²) in [6.45, 7) is 4.51. The summed E-state index contributed by atoms with van der Waals surface area (Å²) in [5.41, 5.74) is 1.11. The van der Waals surface area contributed by atoms with E-state index in [1.165, 1.54) is 51.4 Å². The Bertz CT molecular complexity index is 473. The Morgan fingerprint density at radius 1 is 0.870 bits per heavy atom. The number of alkyl halides is 3. The molecule has 0 saturated heterocycles. The van der Waals surface area contributed by atoms with Gasteiger partial charge in [0.15, 0.2) is 0 Å². The van der Waals surface area contributed by atoms with Crippen molar-refractivity contribution in [2.45, 2.75) is 84.5 Å². The summed E-state index contributed by atoms with van der Waals surface area (Å²) in [5.74, 6) is 0. The van der Waals surface area contributed by atoms with E-state index < -0.39 is 0 Å². The maximum atomic E-state index is 5.65. The summed E-state index contributed by atoms with van der Waals surface area (Å²) in [7, 11) is 3.69. The number of hydrogen-bond donors (Lipinski definition) is 0. The maximum Gasteiger partial charge on any atom is 0.0896 e. The molecule has 4 aliphatic carbocycles. The van der Waals surface area contributed by atoms with E-state index in [0.717, 1.165) is 4.83 Å². The lowest BCUT2D eigenvalue weighted by molar-refractivity contribution is -0.0363. The minimum absolute atomic E-state index is 0.0833. The first-order valence-electron chi connectivity index (χ1n) is 8.74. The van der Waals surface area contributed by atoms with Crippen molar-refractivity contribution in [1.82, 2.24) is 0 Å². The Morgan fingerprint density at radius 2 is 1.35 bits per heavy atom. The van der Waals surface area contributed by atoms with Gasteiger partial charge in [0.2, 0.25) is 0 Å². The minimum Gasteiger partial charge on any atom is -0.378 e. The van der Waals surface area contributed by atoms with Crippen molar-refractivity contribution < 1.29 is 9.47 Å². The van der Waals surface area contributed by atoms with Crippen molar-refractivity contribution in [3.05, 3.63) is 0 Å². The monoisotopic (exact) mass is 514 g/mol. The van der Waals surface area contributed by atoms with Crippen LogP contribution in [-0.4, -0.2) is 33.5 Å². The van der Waals surface area contributed by atoms with Crippen LogP contribution in [0, 0.1) is 10.8 Å². The molecule has 23 heavy (non-hydrogen) atoms. The molecule has 2 spiro atoms. The van der Waals surface area contributed by atoms with Gasteiger partial charge in [-0.15, -0.1) is 0 Å². The van der Waals surface area contributed by atoms with E-state index in [9.17, 15) is 0 Å². The summed E-state index contributed by atoms with van der Waals surface area (Å²) < 4.78 is 11.4. The van der Waals surface area contributed by atoms with E-state index in [-0.39, 0.29) is 14.4 Å². The van der Waals surface area contributed by atoms with Gasteiger partial charge in [0.05, 0.1) is 14.4 Å². The van der Waals surface area contributed by atoms with Crippen LogP contribution in [0.25, 0.3) is 0 Å². The van der Waals surface area contributed by atoms with Gasteiger partial charge in [-0.25, -0.2) is 0 Å². The summed E-state index contributed by atoms with van der Waals surface area (Å²) in [5, 5.41) is 0. The zero-order chi connectivity index (χ0) is 17.1. The van der Waals surface area contributed by atoms with Gasteiger partial charge in [0.1, 0.15) is 0 Å². The zero-order valence-electron chi connectivity index (χ0n) is 14.7. The van der Waals surface area contributed by atoms with Gasteiger partial charge in [-0.05, 0) is 65.2 Å². The molecule has 0 aliphatic heterocycles. The molecule has 5 heteroatoms. The van der Waals surface area contributed by atoms with Crippen LogP contribution in [0.1, 0.15) is 65.2 Å². The molecule has 4 saturated carbocycles. The summed E-state index contributed by atoms with van der Waals surface area (Å²) >= 11 is 11.1. The van der Waals surface area contributed by atoms with Crippen LogP contribution in [0.3, 0.4) is 0 Å². The molecule has 0 N–H and O–H groups in total. The third kappa shape index (κ3) is 2.65. The molecule has 0 bridgehead atoms. The van der Waals surface area contributed by atoms with Crippen molar-refractivity contribution in [3.63, 3.8) is 0 Å². The van der Waals surface area contributed by atoms with Crippen LogP contribution in [0.2, 0.25) is 0 Å². The maximum absolute atomic E-state index is 5.65. The fourth-order valence-corrected chi connectivity index (χ4v) is 8.82. The SMILES string of the molecule is CO[C@@]1(C)CCCC12CC2(Br)Br.CO[C@@]1(C)CCCC12CC2Br. The quantitative estimate of drug-likeness (QED) is 0.408. The van der Waals surface area contributed by atoms with Gasteiger partial charge >= 0.3 is 0 Å². The highest BCUT2D eigenvalue weighted by Gasteiger charge is 2.74. The predicted octanol–water partition coefficient (Wildman–Crippen LogP) is 6.18. The van der Waals surface area contributed by atoms with Gasteiger partial charge in [-0.3, -0.25) is 0 Å². The average Bonchev–Trinajstić information content (AvgIpc) is 3.18. The zero-order valence-corrected chi connectivity index (χ0v) is 19.4. The van der Waals surface area contributed by atoms with E-state index in [2.05, 4.69) is 61.6 Å². The highest BCUT2D eigenvalue weighted by atomic mass is 79.9. The number of methoxy groups -OCH3 is 2. The normalized spacial score (nSPS) is 52.6. The molecule has 4 aliphatic rings. The van der Waals surface area contributed by atoms with E-state index in [4.69, 9.17) is 9.47 Å². The van der Waals surface area contributed by atoms with E-state index in [1.54, 1.807) is 0 Å². The second kappa shape index (κ2) is 5.94. The Hall–Kier alpha value is 1.36. The van der Waals surface area contributed by atoms with Crippen molar-refractivity contribution in [2.75, 3.05) is 14.2 Å². The largest absolute Gasteiger partial charge is 0.378 e. The Balaban J connectivity index is 0.000000136. The first-order chi connectivity index (χ1) is 10.6. The lowest BCUT2D eigenvalue weighted by atomic mass is 9.89. The molecule has 0 radical (unpaired) electrons. The van der Waals surface area contributed by atoms with Crippen LogP contribution in [-0.2, 0) is 9.47 Å². The van der Waals surface area contributed by atoms with Crippen LogP contribution in [0.15, 0.2) is 0 Å². The molecule has 0 heterocycles. The number of ether oxygens (including phenoxy) is 2. The number of halogens is 3. The molecule has 0 aromatic rings. The average molecular weight is 517 g/mol. The predicted molar refractivity (Wildman–Crippen MR) is 106 cm³/mol. The smallest absolute Gasteiger partial charge is 0.0896 e. The first-order valence-corrected chi connectivity index (χ1v) is 11.2. The van der Waals surface area contributed by atoms with Gasteiger partial charge in [-0.2, -0.15) is 0 Å². The van der Waals surface area contributed by atoms with E-state index >= 15 is 0 Å². The first kappa shape index (κ1) is 19.1. The van der Waals surface area contributed by atoms with Gasteiger partial charge in [-0.1, -0.05) is 47.8 Å². The standard InChI is InChI=1S/C9H14Br2O.C9H15BrO/c1-7(12-2)4-3-5-8(7)6-9(8,10)11;1-8(11-2)4-3-5-9(8)6-7(9)10/h3-6H2,1-2H3;7H,3-6H2,1-2H3/t7-,8?;7?,8-,9?/m00/s1. The third-order valence-corrected chi connectivity index (χ3v) is 10.9. The third-order valence-electron chi connectivity index (χ3n) is 7.58. The highest BCUT2D eigenvalue weighted by molar-refractivity contribution is 9.25. The number of hydrogen-bond acceptors (Lipinski definition) is 2. The van der Waals surface area contributed by atoms with E-state index in [0.29, 0.717) is 10.8 Å². The molecule has 4 rings (SSSR count). The molecule has 5 atom stereocenters. The minimum atomic E-state index is 0.0833. The second-order valence-corrected chi connectivity index (χ2v) is 13.2. The van der Waals surface area contributed by atoms with Crippen molar-refractivity contribution in [2.24, 2.45) is 10.8 Å². The van der Waals surface area contributed by atoms with Crippen LogP contribution >= 0.6 is 47.8 Å². The van der Waals surface area contributed by atoms with Crippen molar-refractivity contribution in [3.8, 4) is 0 Å². The topological polar surface area (TPSA) is 18.5 Å². The molecule has 2 nitrogen and oxygen atoms in total. The fraction of sp³-hybridized carbons (Fsp3) is 1.00. The Labute approximate surface area is 166 Å². The van der Waals surface area contributed by atoms with Crippen LogP contribution in [0.4, 0.5) is 0 Å². The number of rotatable bonds is 2. The molecule has 0 aromatic carbocycles. The van der Waals surface area contributed by atoms with Crippen molar-refractivity contribution >= 4 is 47.8 Å². The Kier molecular flexibility index (Phi) is 4.94. The molecule has 0 amide bonds. The van der Waals surface area contributed by atoms with E-state index in [1.807, 2.05) is 14.2 Å². The molecule has 134 valence electrons. The fourth-order valence-electron chi connectivity index (χ4n) is 5.34. The van der Waals surface area contributed by atoms with Crippen LogP contribution in [0.5, 0.6) is 0 Å². The summed E-state index contributed by atoms with van der Waals surface area (Å²) in [6, 6.07) is 0. The molecular formula is C18H29Br3O2. The van der Waals surface area contributed by atoms with Crippen LogP contribution < -0.4 is 0 Å². The lowest BCUT2D eigenvalue weighted by Crippen LogP contribution is -2.36. The van der Waals surface area contributed by atoms with Gasteiger partial charge < -0.3 is 9.47 Å².